The average molecular weight is 700 g/mol. The molecule has 9 nitrogen and oxygen atoms in total. The Labute approximate surface area is 281 Å². The number of benzene rings is 4. The number of fused-ring (bicyclic) bond motifs is 1. The van der Waals surface area contributed by atoms with E-state index in [2.05, 4.69) is 73.7 Å². The number of imidazole rings is 1. The van der Waals surface area contributed by atoms with Gasteiger partial charge in [-0.15, -0.1) is 0 Å². The van der Waals surface area contributed by atoms with Crippen LogP contribution in [0.5, 0.6) is 0 Å². The third kappa shape index (κ3) is 8.15. The molecule has 5 rings (SSSR count). The molecule has 0 aliphatic rings. The van der Waals surface area contributed by atoms with Crippen LogP contribution in [0.2, 0.25) is 0 Å². The lowest BCUT2D eigenvalue weighted by Crippen LogP contribution is -2.55. The number of amides is 1. The Morgan fingerprint density at radius 2 is 1.76 bits per heavy atom. The van der Waals surface area contributed by atoms with E-state index in [0.29, 0.717) is 31.2 Å². The van der Waals surface area contributed by atoms with Crippen LogP contribution in [0.15, 0.2) is 108 Å². The van der Waals surface area contributed by atoms with Crippen molar-refractivity contribution >= 4 is 61.3 Å². The number of nitro groups is 1. The van der Waals surface area contributed by atoms with Gasteiger partial charge in [-0.3, -0.25) is 14.9 Å². The molecule has 11 heteroatoms. The fourth-order valence-electron chi connectivity index (χ4n) is 5.36. The third-order valence-corrected chi connectivity index (χ3v) is 9.10. The molecule has 0 aliphatic carbocycles. The maximum Gasteiger partial charge on any atom is 0.269 e. The Bertz CT molecular complexity index is 1860. The number of carbonyl (C=O) groups is 1. The maximum absolute atomic E-state index is 13.5. The van der Waals surface area contributed by atoms with Crippen LogP contribution in [0.4, 0.5) is 11.4 Å². The molecular weight excluding hydrogens is 664 g/mol. The van der Waals surface area contributed by atoms with E-state index >= 15 is 0 Å². The molecule has 0 bridgehead atoms. The highest BCUT2D eigenvalue weighted by Gasteiger charge is 2.29. The smallest absolute Gasteiger partial charge is 0.269 e. The molecule has 0 aliphatic heterocycles. The molecule has 4 aromatic carbocycles. The maximum atomic E-state index is 13.5. The third-order valence-electron chi connectivity index (χ3n) is 8.05. The van der Waals surface area contributed by atoms with Gasteiger partial charge >= 0.3 is 0 Å². The Hall–Kier alpha value is -4.61. The minimum atomic E-state index is -0.607. The molecule has 0 radical (unpaired) electrons. The summed E-state index contributed by atoms with van der Waals surface area (Å²) >= 11 is 9.61. The molecular formula is C35H35BrN6O3S. The Balaban J connectivity index is 1.33. The predicted octanol–water partition coefficient (Wildman–Crippen LogP) is 7.48. The molecule has 1 unspecified atom stereocenters. The number of non-ortho nitro benzene ring substituents is 1. The van der Waals surface area contributed by atoms with Crippen molar-refractivity contribution < 1.29 is 9.72 Å². The number of hydrogen-bond donors (Lipinski definition) is 2. The highest BCUT2D eigenvalue weighted by molar-refractivity contribution is 9.10. The lowest BCUT2D eigenvalue weighted by Gasteiger charge is -2.37. The van der Waals surface area contributed by atoms with Crippen molar-refractivity contribution in [1.82, 2.24) is 19.8 Å². The van der Waals surface area contributed by atoms with Crippen LogP contribution in [0.3, 0.4) is 0 Å². The first-order chi connectivity index (χ1) is 22.1. The lowest BCUT2D eigenvalue weighted by atomic mass is 9.96. The number of hydrogen-bond acceptors (Lipinski definition) is 5. The molecule has 5 aromatic rings. The van der Waals surface area contributed by atoms with Crippen molar-refractivity contribution in [2.45, 2.75) is 45.3 Å². The van der Waals surface area contributed by atoms with Crippen molar-refractivity contribution in [2.24, 2.45) is 0 Å². The molecule has 1 aromatic heterocycles. The molecule has 2 N–H and O–H groups in total. The van der Waals surface area contributed by atoms with E-state index in [9.17, 15) is 14.9 Å². The number of para-hydroxylation sites is 1. The summed E-state index contributed by atoms with van der Waals surface area (Å²) in [7, 11) is 0. The van der Waals surface area contributed by atoms with Gasteiger partial charge in [0.2, 0.25) is 5.91 Å². The second-order valence-electron chi connectivity index (χ2n) is 11.5. The van der Waals surface area contributed by atoms with E-state index in [0.717, 1.165) is 37.8 Å². The summed E-state index contributed by atoms with van der Waals surface area (Å²) in [4.78, 5) is 30.5. The molecule has 0 spiro atoms. The highest BCUT2D eigenvalue weighted by atomic mass is 79.9. The van der Waals surface area contributed by atoms with Gasteiger partial charge in [0, 0.05) is 48.1 Å². The lowest BCUT2D eigenvalue weighted by molar-refractivity contribution is -0.384. The molecule has 46 heavy (non-hydrogen) atoms. The second kappa shape index (κ2) is 14.7. The second-order valence-corrected chi connectivity index (χ2v) is 12.7. The van der Waals surface area contributed by atoms with Crippen LogP contribution in [0.1, 0.15) is 37.1 Å². The number of nitro benzene ring substituents is 1. The van der Waals surface area contributed by atoms with Crippen molar-refractivity contribution in [3.8, 4) is 0 Å². The van der Waals surface area contributed by atoms with E-state index in [-0.39, 0.29) is 18.0 Å². The van der Waals surface area contributed by atoms with Gasteiger partial charge in [-0.05, 0) is 75.5 Å². The van der Waals surface area contributed by atoms with Crippen molar-refractivity contribution in [3.63, 3.8) is 0 Å². The standard InChI is InChI=1S/C35H35BrN6O3S/c1-3-35(2,39-33(43)19-29-20-37-24-41(29)21-25-15-17-28(18-16-25)42(44)45)23-40(34(46)38-32-14-7-6-13-31(32)36)22-27-11-8-10-26-9-4-5-12-30(26)27/h4-18,20,24H,3,19,21-23H2,1-2H3,(H,38,46)(H,39,43). The zero-order valence-corrected chi connectivity index (χ0v) is 28.1. The first kappa shape index (κ1) is 32.8. The minimum absolute atomic E-state index is 0.0356. The molecule has 0 saturated heterocycles. The normalized spacial score (nSPS) is 12.3. The van der Waals surface area contributed by atoms with Crippen LogP contribution in [-0.2, 0) is 24.3 Å². The predicted molar refractivity (Wildman–Crippen MR) is 190 cm³/mol. The van der Waals surface area contributed by atoms with Crippen LogP contribution in [0.25, 0.3) is 10.8 Å². The van der Waals surface area contributed by atoms with Gasteiger partial charge in [-0.25, -0.2) is 4.98 Å². The number of aromatic nitrogens is 2. The number of thiocarbonyl (C=S) groups is 1. The van der Waals surface area contributed by atoms with Crippen molar-refractivity contribution in [2.75, 3.05) is 11.9 Å². The van der Waals surface area contributed by atoms with Crippen LogP contribution >= 0.6 is 28.1 Å². The summed E-state index contributed by atoms with van der Waals surface area (Å²) in [6.07, 6.45) is 4.15. The van der Waals surface area contributed by atoms with Crippen molar-refractivity contribution in [3.05, 3.63) is 135 Å². The molecule has 0 fully saturated rings. The van der Waals surface area contributed by atoms with Gasteiger partial charge in [0.05, 0.1) is 28.9 Å². The molecule has 1 amide bonds. The summed E-state index contributed by atoms with van der Waals surface area (Å²) in [6, 6.07) is 28.8. The van der Waals surface area contributed by atoms with E-state index in [1.807, 2.05) is 47.9 Å². The van der Waals surface area contributed by atoms with Crippen LogP contribution in [0, 0.1) is 10.1 Å². The summed E-state index contributed by atoms with van der Waals surface area (Å²) in [5, 5.41) is 20.6. The number of halogens is 1. The zero-order chi connectivity index (χ0) is 32.7. The monoisotopic (exact) mass is 698 g/mol. The van der Waals surface area contributed by atoms with Gasteiger partial charge in [0.15, 0.2) is 5.11 Å². The Morgan fingerprint density at radius 1 is 1.04 bits per heavy atom. The van der Waals surface area contributed by atoms with Crippen LogP contribution in [-0.4, -0.2) is 42.5 Å². The fraction of sp³-hybridized carbons (Fsp3) is 0.229. The number of rotatable bonds is 12. The number of anilines is 1. The topological polar surface area (TPSA) is 105 Å². The molecule has 1 atom stereocenters. The highest BCUT2D eigenvalue weighted by Crippen LogP contribution is 2.25. The summed E-state index contributed by atoms with van der Waals surface area (Å²) in [5.74, 6) is -0.135. The van der Waals surface area contributed by atoms with E-state index in [4.69, 9.17) is 12.2 Å². The first-order valence-electron chi connectivity index (χ1n) is 14.9. The first-order valence-corrected chi connectivity index (χ1v) is 16.1. The van der Waals surface area contributed by atoms with Gasteiger partial charge in [-0.2, -0.15) is 0 Å². The average Bonchev–Trinajstić information content (AvgIpc) is 3.47. The molecule has 1 heterocycles. The summed E-state index contributed by atoms with van der Waals surface area (Å²) < 4.78 is 2.78. The summed E-state index contributed by atoms with van der Waals surface area (Å²) in [6.45, 7) is 5.55. The summed E-state index contributed by atoms with van der Waals surface area (Å²) in [5.41, 5.74) is 3.04. The van der Waals surface area contributed by atoms with E-state index in [1.165, 1.54) is 12.1 Å². The fourth-order valence-corrected chi connectivity index (χ4v) is 5.98. The number of nitrogens with one attached hydrogen (secondary N) is 2. The zero-order valence-electron chi connectivity index (χ0n) is 25.7. The van der Waals surface area contributed by atoms with Crippen LogP contribution < -0.4 is 10.6 Å². The van der Waals surface area contributed by atoms with E-state index in [1.54, 1.807) is 24.7 Å². The Morgan fingerprint density at radius 3 is 2.50 bits per heavy atom. The molecule has 0 saturated carbocycles. The quantitative estimate of drug-likeness (QED) is 0.0791. The Kier molecular flexibility index (Phi) is 10.4. The van der Waals surface area contributed by atoms with Gasteiger partial charge < -0.3 is 20.1 Å². The van der Waals surface area contributed by atoms with Crippen molar-refractivity contribution in [1.29, 1.82) is 0 Å². The van der Waals surface area contributed by atoms with Gasteiger partial charge in [-0.1, -0.05) is 73.7 Å². The largest absolute Gasteiger partial charge is 0.349 e. The molecule has 236 valence electrons. The van der Waals surface area contributed by atoms with Gasteiger partial charge in [0.1, 0.15) is 0 Å². The van der Waals surface area contributed by atoms with E-state index < -0.39 is 10.5 Å². The number of carbonyl (C=O) groups excluding carboxylic acids is 1. The minimum Gasteiger partial charge on any atom is -0.349 e. The number of nitrogens with zero attached hydrogens (tertiary/aromatic N) is 4. The van der Waals surface area contributed by atoms with Gasteiger partial charge in [0.25, 0.3) is 5.69 Å². The SMILES string of the molecule is CCC(C)(CN(Cc1cccc2ccccc12)C(=S)Nc1ccccc1Br)NC(=O)Cc1cncn1Cc1ccc([N+](=O)[O-])cc1.